The van der Waals surface area contributed by atoms with E-state index in [1.54, 1.807) is 0 Å². The number of rotatable bonds is 7. The second-order valence-electron chi connectivity index (χ2n) is 7.46. The highest BCUT2D eigenvalue weighted by molar-refractivity contribution is 5.91. The number of carbonyl (C=O) groups is 1. The van der Waals surface area contributed by atoms with Gasteiger partial charge in [-0.25, -0.2) is 0 Å². The molecule has 0 saturated carbocycles. The molecule has 5 heteroatoms. The molecule has 1 aliphatic heterocycles. The van der Waals surface area contributed by atoms with Crippen molar-refractivity contribution in [3.63, 3.8) is 0 Å². The van der Waals surface area contributed by atoms with Crippen LogP contribution in [0, 0.1) is 0 Å². The van der Waals surface area contributed by atoms with Crippen LogP contribution in [0.5, 0.6) is 0 Å². The van der Waals surface area contributed by atoms with E-state index in [1.165, 1.54) is 11.1 Å². The van der Waals surface area contributed by atoms with Crippen LogP contribution in [0.25, 0.3) is 0 Å². The number of nitrogens with two attached hydrogens (primary N) is 1. The monoisotopic (exact) mass is 366 g/mol. The van der Waals surface area contributed by atoms with Gasteiger partial charge in [-0.2, -0.15) is 0 Å². The summed E-state index contributed by atoms with van der Waals surface area (Å²) < 4.78 is 0. The highest BCUT2D eigenvalue weighted by Crippen LogP contribution is 2.14. The summed E-state index contributed by atoms with van der Waals surface area (Å²) in [5.41, 5.74) is 9.15. The molecule has 1 aliphatic rings. The molecule has 1 fully saturated rings. The minimum Gasteiger partial charge on any atom is -0.327 e. The van der Waals surface area contributed by atoms with Gasteiger partial charge in [0.2, 0.25) is 5.91 Å². The lowest BCUT2D eigenvalue weighted by atomic mass is 10.1. The largest absolute Gasteiger partial charge is 0.327 e. The molecule has 0 aromatic heterocycles. The summed E-state index contributed by atoms with van der Waals surface area (Å²) >= 11 is 0. The normalized spacial score (nSPS) is 16.8. The lowest BCUT2D eigenvalue weighted by molar-refractivity contribution is -0.116. The summed E-state index contributed by atoms with van der Waals surface area (Å²) in [6.07, 6.45) is 0.342. The summed E-state index contributed by atoms with van der Waals surface area (Å²) in [7, 11) is 0. The van der Waals surface area contributed by atoms with Crippen molar-refractivity contribution in [3.8, 4) is 0 Å². The lowest BCUT2D eigenvalue weighted by Crippen LogP contribution is -2.45. The van der Waals surface area contributed by atoms with E-state index in [0.29, 0.717) is 6.42 Å². The number of hydrogen-bond acceptors (Lipinski definition) is 4. The first-order valence-corrected chi connectivity index (χ1v) is 9.71. The fourth-order valence-electron chi connectivity index (χ4n) is 3.40. The van der Waals surface area contributed by atoms with Gasteiger partial charge < -0.3 is 11.1 Å². The van der Waals surface area contributed by atoms with Crippen LogP contribution in [0.15, 0.2) is 54.6 Å². The zero-order valence-corrected chi connectivity index (χ0v) is 16.1. The average molecular weight is 367 g/mol. The third-order valence-electron chi connectivity index (χ3n) is 4.87. The number of hydrogen-bond donors (Lipinski definition) is 2. The molecule has 0 aliphatic carbocycles. The van der Waals surface area contributed by atoms with Crippen LogP contribution in [0.2, 0.25) is 0 Å². The van der Waals surface area contributed by atoms with Crippen molar-refractivity contribution in [1.29, 1.82) is 0 Å². The van der Waals surface area contributed by atoms with Gasteiger partial charge in [0, 0.05) is 57.4 Å². The predicted octanol–water partition coefficient (Wildman–Crippen LogP) is 2.68. The Bertz CT molecular complexity index is 707. The van der Waals surface area contributed by atoms with Crippen LogP contribution in [0.1, 0.15) is 24.5 Å². The van der Waals surface area contributed by atoms with E-state index in [9.17, 15) is 4.79 Å². The Labute approximate surface area is 162 Å². The molecule has 0 radical (unpaired) electrons. The Balaban J connectivity index is 1.43. The van der Waals surface area contributed by atoms with E-state index in [0.717, 1.165) is 45.0 Å². The SMILES string of the molecule is CC(N)CC(=O)Nc1ccc(CN2CCN(Cc3ccccc3)CC2)cc1. The maximum absolute atomic E-state index is 11.8. The second kappa shape index (κ2) is 9.65. The number of nitrogens with zero attached hydrogens (tertiary/aromatic N) is 2. The van der Waals surface area contributed by atoms with E-state index in [4.69, 9.17) is 5.73 Å². The number of benzene rings is 2. The van der Waals surface area contributed by atoms with E-state index >= 15 is 0 Å². The maximum Gasteiger partial charge on any atom is 0.225 e. The molecule has 144 valence electrons. The zero-order valence-electron chi connectivity index (χ0n) is 16.1. The highest BCUT2D eigenvalue weighted by Gasteiger charge is 2.17. The molecular formula is C22H30N4O. The fourth-order valence-corrected chi connectivity index (χ4v) is 3.40. The number of anilines is 1. The van der Waals surface area contributed by atoms with Gasteiger partial charge in [-0.05, 0) is 30.2 Å². The average Bonchev–Trinajstić information content (AvgIpc) is 2.65. The molecule has 2 aromatic rings. The standard InChI is InChI=1S/C22H30N4O/c1-18(23)15-22(27)24-21-9-7-20(8-10-21)17-26-13-11-25(12-14-26)16-19-5-3-2-4-6-19/h2-10,18H,11-17,23H2,1H3,(H,24,27). The topological polar surface area (TPSA) is 61.6 Å². The number of carbonyl (C=O) groups excluding carboxylic acids is 1. The van der Waals surface area contributed by atoms with Gasteiger partial charge in [0.15, 0.2) is 0 Å². The fraction of sp³-hybridized carbons (Fsp3) is 0.409. The first kappa shape index (κ1) is 19.5. The van der Waals surface area contributed by atoms with Gasteiger partial charge in [-0.1, -0.05) is 42.5 Å². The van der Waals surface area contributed by atoms with Crippen LogP contribution >= 0.6 is 0 Å². The molecule has 3 rings (SSSR count). The number of piperazine rings is 1. The molecule has 1 heterocycles. The van der Waals surface area contributed by atoms with Crippen LogP contribution in [-0.4, -0.2) is 47.9 Å². The lowest BCUT2D eigenvalue weighted by Gasteiger charge is -2.34. The van der Waals surface area contributed by atoms with Gasteiger partial charge in [-0.15, -0.1) is 0 Å². The van der Waals surface area contributed by atoms with Crippen molar-refractivity contribution in [2.45, 2.75) is 32.5 Å². The second-order valence-corrected chi connectivity index (χ2v) is 7.46. The van der Waals surface area contributed by atoms with Crippen molar-refractivity contribution in [3.05, 3.63) is 65.7 Å². The van der Waals surface area contributed by atoms with Crippen LogP contribution in [0.4, 0.5) is 5.69 Å². The van der Waals surface area contributed by atoms with Crippen LogP contribution < -0.4 is 11.1 Å². The zero-order chi connectivity index (χ0) is 19.1. The Morgan fingerprint density at radius 2 is 1.44 bits per heavy atom. The Morgan fingerprint density at radius 3 is 1.96 bits per heavy atom. The predicted molar refractivity (Wildman–Crippen MR) is 110 cm³/mol. The molecule has 1 amide bonds. The Morgan fingerprint density at radius 1 is 0.926 bits per heavy atom. The van der Waals surface area contributed by atoms with Gasteiger partial charge in [-0.3, -0.25) is 14.6 Å². The molecule has 0 bridgehead atoms. The smallest absolute Gasteiger partial charge is 0.225 e. The quantitative estimate of drug-likeness (QED) is 0.791. The highest BCUT2D eigenvalue weighted by atomic mass is 16.1. The van der Waals surface area contributed by atoms with E-state index in [1.807, 2.05) is 19.1 Å². The molecule has 1 saturated heterocycles. The first-order chi connectivity index (χ1) is 13.1. The molecule has 27 heavy (non-hydrogen) atoms. The van der Waals surface area contributed by atoms with Crippen LogP contribution in [0.3, 0.4) is 0 Å². The third kappa shape index (κ3) is 6.47. The van der Waals surface area contributed by atoms with Crippen molar-refractivity contribution in [2.75, 3.05) is 31.5 Å². The maximum atomic E-state index is 11.8. The Kier molecular flexibility index (Phi) is 6.98. The molecular weight excluding hydrogens is 336 g/mol. The molecule has 5 nitrogen and oxygen atoms in total. The Hall–Kier alpha value is -2.21. The van der Waals surface area contributed by atoms with Crippen molar-refractivity contribution < 1.29 is 4.79 Å². The minimum atomic E-state index is -0.121. The molecule has 2 aromatic carbocycles. The van der Waals surface area contributed by atoms with Gasteiger partial charge in [0.05, 0.1) is 0 Å². The summed E-state index contributed by atoms with van der Waals surface area (Å²) in [4.78, 5) is 16.8. The van der Waals surface area contributed by atoms with Gasteiger partial charge >= 0.3 is 0 Å². The summed E-state index contributed by atoms with van der Waals surface area (Å²) in [5, 5.41) is 2.89. The van der Waals surface area contributed by atoms with Crippen LogP contribution in [-0.2, 0) is 17.9 Å². The van der Waals surface area contributed by atoms with Gasteiger partial charge in [0.1, 0.15) is 0 Å². The minimum absolute atomic E-state index is 0.0349. The van der Waals surface area contributed by atoms with Crippen molar-refractivity contribution >= 4 is 11.6 Å². The summed E-state index contributed by atoms with van der Waals surface area (Å²) in [6.45, 7) is 8.18. The molecule has 0 spiro atoms. The molecule has 1 atom stereocenters. The molecule has 3 N–H and O–H groups in total. The van der Waals surface area contributed by atoms with Crippen molar-refractivity contribution in [2.24, 2.45) is 5.73 Å². The number of amides is 1. The van der Waals surface area contributed by atoms with Crippen molar-refractivity contribution in [1.82, 2.24) is 9.80 Å². The van der Waals surface area contributed by atoms with Gasteiger partial charge in [0.25, 0.3) is 0 Å². The summed E-state index contributed by atoms with van der Waals surface area (Å²) in [6, 6.07) is 18.7. The number of nitrogens with one attached hydrogen (secondary N) is 1. The van der Waals surface area contributed by atoms with E-state index in [-0.39, 0.29) is 11.9 Å². The van der Waals surface area contributed by atoms with E-state index in [2.05, 4.69) is 57.6 Å². The molecule has 1 unspecified atom stereocenters. The van der Waals surface area contributed by atoms with E-state index < -0.39 is 0 Å². The third-order valence-corrected chi connectivity index (χ3v) is 4.87. The first-order valence-electron chi connectivity index (χ1n) is 9.71. The summed E-state index contributed by atoms with van der Waals surface area (Å²) in [5.74, 6) is -0.0349.